The first-order chi connectivity index (χ1) is 36.8. The fourth-order valence-electron chi connectivity index (χ4n) is 9.67. The molecule has 0 aliphatic rings. The van der Waals surface area contributed by atoms with Crippen LogP contribution in [0.2, 0.25) is 0 Å². The summed E-state index contributed by atoms with van der Waals surface area (Å²) in [7, 11) is -4.39. The van der Waals surface area contributed by atoms with Gasteiger partial charge in [0.1, 0.15) is 6.61 Å². The van der Waals surface area contributed by atoms with E-state index in [0.717, 1.165) is 38.5 Å². The van der Waals surface area contributed by atoms with E-state index in [1.54, 1.807) is 0 Å². The Labute approximate surface area is 464 Å². The molecule has 9 nitrogen and oxygen atoms in total. The van der Waals surface area contributed by atoms with Crippen molar-refractivity contribution in [2.24, 2.45) is 5.73 Å². The minimum atomic E-state index is -4.39. The highest BCUT2D eigenvalue weighted by molar-refractivity contribution is 7.47. The highest BCUT2D eigenvalue weighted by Gasteiger charge is 2.26. The number of ether oxygens (including phenoxy) is 2. The lowest BCUT2D eigenvalue weighted by Crippen LogP contribution is -2.29. The molecule has 3 N–H and O–H groups in total. The number of phosphoric acid groups is 1. The Morgan fingerprint density at radius 2 is 0.693 bits per heavy atom. The third kappa shape index (κ3) is 61.3. The van der Waals surface area contributed by atoms with Gasteiger partial charge in [0.25, 0.3) is 0 Å². The summed E-state index contributed by atoms with van der Waals surface area (Å²) < 4.78 is 33.1. The van der Waals surface area contributed by atoms with E-state index in [9.17, 15) is 19.0 Å². The lowest BCUT2D eigenvalue weighted by Gasteiger charge is -2.19. The average molecular weight is 1080 g/mol. The minimum absolute atomic E-state index is 0.0552. The summed E-state index contributed by atoms with van der Waals surface area (Å²) in [5.41, 5.74) is 5.39. The first-order valence-electron chi connectivity index (χ1n) is 32.5. The number of nitrogens with two attached hydrogens (primary N) is 1. The molecule has 0 aliphatic carbocycles. The highest BCUT2D eigenvalue weighted by Crippen LogP contribution is 2.43. The lowest BCUT2D eigenvalue weighted by molar-refractivity contribution is -0.161. The second kappa shape index (κ2) is 61.4. The molecule has 0 amide bonds. The molecule has 0 aliphatic heterocycles. The zero-order valence-corrected chi connectivity index (χ0v) is 50.4. The topological polar surface area (TPSA) is 134 Å². The summed E-state index contributed by atoms with van der Waals surface area (Å²) in [6, 6.07) is 0. The molecule has 0 spiro atoms. The number of unbranched alkanes of at least 4 members (excludes halogenated alkanes) is 43. The number of allylic oxidation sites excluding steroid dienone is 6. The standard InChI is InChI=1S/C65H124NO8P/c1-3-5-7-9-11-13-15-17-19-21-23-25-27-29-31-33-35-37-39-41-43-45-47-49-51-53-55-57-64(67)71-61-63(62-73-75(69,70)72-60-59-66)74-65(68)58-56-54-52-50-48-46-44-42-40-38-36-34-32-30-28-26-24-22-20-18-16-14-12-10-8-6-4-2/h16,18,21-24,63H,3-15,17,19-20,25-62,66H2,1-2H3,(H,69,70)/b18-16-,23-21-,24-22-. The molecule has 0 aromatic heterocycles. The van der Waals surface area contributed by atoms with Crippen molar-refractivity contribution in [1.82, 2.24) is 0 Å². The van der Waals surface area contributed by atoms with Crippen LogP contribution in [0.1, 0.15) is 335 Å². The molecule has 2 atom stereocenters. The summed E-state index contributed by atoms with van der Waals surface area (Å²) in [4.78, 5) is 35.3. The third-order valence-corrected chi connectivity index (χ3v) is 15.5. The Kier molecular flexibility index (Phi) is 60.0. The van der Waals surface area contributed by atoms with E-state index in [4.69, 9.17) is 24.3 Å². The summed E-state index contributed by atoms with van der Waals surface area (Å²) in [6.07, 6.45) is 75.1. The first-order valence-corrected chi connectivity index (χ1v) is 34.0. The largest absolute Gasteiger partial charge is 0.472 e. The van der Waals surface area contributed by atoms with E-state index in [1.165, 1.54) is 263 Å². The monoisotopic (exact) mass is 1080 g/mol. The smallest absolute Gasteiger partial charge is 0.462 e. The molecular formula is C65H124NO8P. The normalized spacial score (nSPS) is 13.2. The van der Waals surface area contributed by atoms with Gasteiger partial charge in [-0.3, -0.25) is 18.6 Å². The molecule has 0 fully saturated rings. The van der Waals surface area contributed by atoms with Crippen LogP contribution in [0.4, 0.5) is 0 Å². The van der Waals surface area contributed by atoms with Crippen LogP contribution in [0.5, 0.6) is 0 Å². The maximum atomic E-state index is 12.7. The minimum Gasteiger partial charge on any atom is -0.462 e. The van der Waals surface area contributed by atoms with Crippen LogP contribution in [0, 0.1) is 0 Å². The lowest BCUT2D eigenvalue weighted by atomic mass is 10.0. The summed E-state index contributed by atoms with van der Waals surface area (Å²) in [5, 5.41) is 0. The Morgan fingerprint density at radius 1 is 0.400 bits per heavy atom. The molecule has 75 heavy (non-hydrogen) atoms. The van der Waals surface area contributed by atoms with Gasteiger partial charge in [0, 0.05) is 19.4 Å². The second-order valence-electron chi connectivity index (χ2n) is 22.0. The number of hydrogen-bond donors (Lipinski definition) is 2. The van der Waals surface area contributed by atoms with Crippen LogP contribution in [0.25, 0.3) is 0 Å². The fraction of sp³-hybridized carbons (Fsp3) is 0.877. The van der Waals surface area contributed by atoms with Gasteiger partial charge in [0.15, 0.2) is 6.10 Å². The van der Waals surface area contributed by atoms with Crippen LogP contribution in [-0.2, 0) is 32.7 Å². The van der Waals surface area contributed by atoms with E-state index in [1.807, 2.05) is 0 Å². The SMILES string of the molecule is CCCCCCC/C=C\C/C=C\CCCCCCCCCCCCCCCCCC(=O)OC(COC(=O)CCCCCCCCCCCCCCCCC/C=C\CCCCCCCCCC)COP(=O)(O)OCCN. The molecule has 442 valence electrons. The van der Waals surface area contributed by atoms with Gasteiger partial charge in [-0.25, -0.2) is 4.57 Å². The van der Waals surface area contributed by atoms with Crippen LogP contribution in [-0.4, -0.2) is 49.3 Å². The van der Waals surface area contributed by atoms with Crippen molar-refractivity contribution in [3.8, 4) is 0 Å². The molecule has 0 saturated carbocycles. The molecule has 0 radical (unpaired) electrons. The van der Waals surface area contributed by atoms with Gasteiger partial charge >= 0.3 is 19.8 Å². The van der Waals surface area contributed by atoms with E-state index < -0.39 is 26.5 Å². The number of phosphoric ester groups is 1. The highest BCUT2D eigenvalue weighted by atomic mass is 31.2. The Morgan fingerprint density at radius 3 is 1.03 bits per heavy atom. The summed E-state index contributed by atoms with van der Waals surface area (Å²) >= 11 is 0. The number of rotatable bonds is 62. The van der Waals surface area contributed by atoms with Crippen molar-refractivity contribution < 1.29 is 37.6 Å². The van der Waals surface area contributed by atoms with Crippen LogP contribution < -0.4 is 5.73 Å². The molecular weight excluding hydrogens is 954 g/mol. The first kappa shape index (κ1) is 73.2. The molecule has 0 bridgehead atoms. The quantitative estimate of drug-likeness (QED) is 0.0264. The van der Waals surface area contributed by atoms with Crippen molar-refractivity contribution in [2.45, 2.75) is 341 Å². The second-order valence-corrected chi connectivity index (χ2v) is 23.4. The number of carbonyl (C=O) groups excluding carboxylic acids is 2. The van der Waals surface area contributed by atoms with Crippen molar-refractivity contribution in [2.75, 3.05) is 26.4 Å². The summed E-state index contributed by atoms with van der Waals surface area (Å²) in [6.45, 7) is 3.79. The van der Waals surface area contributed by atoms with Crippen molar-refractivity contribution in [3.63, 3.8) is 0 Å². The molecule has 0 aromatic carbocycles. The van der Waals surface area contributed by atoms with Crippen LogP contribution >= 0.6 is 7.82 Å². The van der Waals surface area contributed by atoms with Gasteiger partial charge in [-0.05, 0) is 70.6 Å². The number of hydrogen-bond acceptors (Lipinski definition) is 8. The van der Waals surface area contributed by atoms with E-state index in [-0.39, 0.29) is 38.6 Å². The zero-order valence-electron chi connectivity index (χ0n) is 49.6. The Bertz CT molecular complexity index is 1320. The van der Waals surface area contributed by atoms with Gasteiger partial charge in [0.05, 0.1) is 13.2 Å². The van der Waals surface area contributed by atoms with E-state index in [0.29, 0.717) is 6.42 Å². The van der Waals surface area contributed by atoms with Gasteiger partial charge in [-0.1, -0.05) is 288 Å². The maximum Gasteiger partial charge on any atom is 0.472 e. The van der Waals surface area contributed by atoms with Crippen molar-refractivity contribution in [1.29, 1.82) is 0 Å². The predicted molar refractivity (Wildman–Crippen MR) is 321 cm³/mol. The van der Waals surface area contributed by atoms with Crippen molar-refractivity contribution >= 4 is 19.8 Å². The van der Waals surface area contributed by atoms with E-state index in [2.05, 4.69) is 50.3 Å². The van der Waals surface area contributed by atoms with Gasteiger partial charge in [-0.2, -0.15) is 0 Å². The predicted octanol–water partition coefficient (Wildman–Crippen LogP) is 20.7. The van der Waals surface area contributed by atoms with Crippen LogP contribution in [0.15, 0.2) is 36.5 Å². The Balaban J connectivity index is 3.88. The molecule has 0 aromatic rings. The van der Waals surface area contributed by atoms with E-state index >= 15 is 0 Å². The van der Waals surface area contributed by atoms with Crippen LogP contribution in [0.3, 0.4) is 0 Å². The van der Waals surface area contributed by atoms with Gasteiger partial charge < -0.3 is 20.1 Å². The number of esters is 2. The van der Waals surface area contributed by atoms with Gasteiger partial charge in [0.2, 0.25) is 0 Å². The molecule has 0 saturated heterocycles. The number of carbonyl (C=O) groups is 2. The zero-order chi connectivity index (χ0) is 54.5. The molecule has 0 rings (SSSR count). The third-order valence-electron chi connectivity index (χ3n) is 14.5. The molecule has 10 heteroatoms. The maximum absolute atomic E-state index is 12.7. The molecule has 0 heterocycles. The molecule has 2 unspecified atom stereocenters. The average Bonchev–Trinajstić information content (AvgIpc) is 3.40. The fourth-order valence-corrected chi connectivity index (χ4v) is 10.4. The Hall–Kier alpha value is -1.77. The summed E-state index contributed by atoms with van der Waals surface area (Å²) in [5.74, 6) is -0.810. The van der Waals surface area contributed by atoms with Crippen molar-refractivity contribution in [3.05, 3.63) is 36.5 Å². The van der Waals surface area contributed by atoms with Gasteiger partial charge in [-0.15, -0.1) is 0 Å².